The lowest BCUT2D eigenvalue weighted by molar-refractivity contribution is -0.172. The summed E-state index contributed by atoms with van der Waals surface area (Å²) in [7, 11) is 0. The van der Waals surface area contributed by atoms with E-state index in [1.165, 1.54) is 17.8 Å². The second-order valence-electron chi connectivity index (χ2n) is 9.70. The summed E-state index contributed by atoms with van der Waals surface area (Å²) in [5, 5.41) is 21.5. The van der Waals surface area contributed by atoms with Crippen LogP contribution in [0.1, 0.15) is 53.1 Å². The summed E-state index contributed by atoms with van der Waals surface area (Å²) in [6.45, 7) is 3.54. The monoisotopic (exact) mass is 523 g/mol. The summed E-state index contributed by atoms with van der Waals surface area (Å²) in [5.41, 5.74) is 8.55. The first-order valence-electron chi connectivity index (χ1n) is 12.2. The van der Waals surface area contributed by atoms with Gasteiger partial charge in [-0.3, -0.25) is 4.79 Å². The number of carbonyl (C=O) groups excluding carboxylic acids is 1. The number of aromatic nitrogens is 2. The molecular weight excluding hydrogens is 497 g/mol. The van der Waals surface area contributed by atoms with Gasteiger partial charge in [-0.2, -0.15) is 0 Å². The van der Waals surface area contributed by atoms with Crippen LogP contribution in [0, 0.1) is 12.7 Å². The van der Waals surface area contributed by atoms with Gasteiger partial charge in [-0.05, 0) is 37.0 Å². The number of benzene rings is 1. The van der Waals surface area contributed by atoms with Crippen molar-refractivity contribution in [1.82, 2.24) is 9.55 Å². The second kappa shape index (κ2) is 8.49. The molecule has 0 saturated carbocycles. The summed E-state index contributed by atoms with van der Waals surface area (Å²) in [6, 6.07) is 3.02. The minimum absolute atomic E-state index is 0.00725. The number of allylic oxidation sites excluding steroid dienone is 1. The highest BCUT2D eigenvalue weighted by Gasteiger charge is 2.45. The number of carbonyl (C=O) groups is 1. The molecule has 10 heteroatoms. The fourth-order valence-electron chi connectivity index (χ4n) is 5.72. The van der Waals surface area contributed by atoms with E-state index in [2.05, 4.69) is 0 Å². The topological polar surface area (TPSA) is 128 Å². The number of hydrogen-bond donors (Lipinski definition) is 3. The van der Waals surface area contributed by atoms with E-state index in [9.17, 15) is 19.8 Å². The van der Waals surface area contributed by atoms with Gasteiger partial charge in [0.25, 0.3) is 5.56 Å². The Hall–Kier alpha value is -3.05. The SMILES string of the molecule is CC[C@@]1(O)C(=O)OCc2c1cc1n(c2=O)Cc2c-1nc1cc(F)c(C)c(C3=CCC(CO)S3)c1c2CN. The molecule has 1 unspecified atom stereocenters. The predicted molar refractivity (Wildman–Crippen MR) is 138 cm³/mol. The van der Waals surface area contributed by atoms with Gasteiger partial charge < -0.3 is 25.3 Å². The molecule has 0 radical (unpaired) electrons. The number of hydrogen-bond acceptors (Lipinski definition) is 8. The van der Waals surface area contributed by atoms with E-state index in [4.69, 9.17) is 15.5 Å². The van der Waals surface area contributed by atoms with Crippen molar-refractivity contribution >= 4 is 33.5 Å². The van der Waals surface area contributed by atoms with E-state index < -0.39 is 17.4 Å². The molecule has 8 nitrogen and oxygen atoms in total. The van der Waals surface area contributed by atoms with Crippen LogP contribution in [-0.4, -0.2) is 37.6 Å². The third-order valence-electron chi connectivity index (χ3n) is 7.80. The van der Waals surface area contributed by atoms with Crippen LogP contribution in [-0.2, 0) is 34.8 Å². The molecule has 2 atom stereocenters. The zero-order valence-electron chi connectivity index (χ0n) is 20.4. The molecule has 3 aliphatic rings. The van der Waals surface area contributed by atoms with Crippen molar-refractivity contribution in [1.29, 1.82) is 0 Å². The normalized spacial score (nSPS) is 22.1. The van der Waals surface area contributed by atoms with Crippen molar-refractivity contribution in [3.63, 3.8) is 0 Å². The van der Waals surface area contributed by atoms with E-state index in [-0.39, 0.29) is 54.7 Å². The third kappa shape index (κ3) is 3.29. The first kappa shape index (κ1) is 24.3. The summed E-state index contributed by atoms with van der Waals surface area (Å²) in [5.74, 6) is -1.19. The zero-order valence-corrected chi connectivity index (χ0v) is 21.2. The lowest BCUT2D eigenvalue weighted by Crippen LogP contribution is -2.44. The van der Waals surface area contributed by atoms with E-state index >= 15 is 4.39 Å². The fraction of sp³-hybridized carbons (Fsp3) is 0.370. The highest BCUT2D eigenvalue weighted by Crippen LogP contribution is 2.46. The van der Waals surface area contributed by atoms with Crippen molar-refractivity contribution in [2.24, 2.45) is 5.73 Å². The molecule has 0 spiro atoms. The van der Waals surface area contributed by atoms with Crippen molar-refractivity contribution in [3.05, 3.63) is 67.8 Å². The molecule has 0 saturated heterocycles. The van der Waals surface area contributed by atoms with Gasteiger partial charge in [-0.15, -0.1) is 11.8 Å². The first-order chi connectivity index (χ1) is 17.7. The third-order valence-corrected chi connectivity index (χ3v) is 9.10. The summed E-state index contributed by atoms with van der Waals surface area (Å²) >= 11 is 1.51. The van der Waals surface area contributed by atoms with E-state index in [1.54, 1.807) is 24.5 Å². The van der Waals surface area contributed by atoms with Crippen molar-refractivity contribution in [2.45, 2.75) is 57.2 Å². The van der Waals surface area contributed by atoms with Crippen LogP contribution in [0.5, 0.6) is 0 Å². The van der Waals surface area contributed by atoms with Gasteiger partial charge >= 0.3 is 5.97 Å². The van der Waals surface area contributed by atoms with Gasteiger partial charge in [-0.25, -0.2) is 14.2 Å². The Morgan fingerprint density at radius 2 is 2.11 bits per heavy atom. The molecule has 2 aromatic heterocycles. The molecule has 3 aromatic rings. The van der Waals surface area contributed by atoms with Crippen LogP contribution in [0.25, 0.3) is 27.2 Å². The van der Waals surface area contributed by atoms with Crippen LogP contribution in [0.3, 0.4) is 0 Å². The Kier molecular flexibility index (Phi) is 5.57. The molecular formula is C27H26FN3O5S. The maximum atomic E-state index is 15.2. The number of thioether (sulfide) groups is 1. The van der Waals surface area contributed by atoms with E-state index in [1.807, 2.05) is 6.08 Å². The van der Waals surface area contributed by atoms with E-state index in [0.29, 0.717) is 34.5 Å². The molecule has 4 N–H and O–H groups in total. The maximum Gasteiger partial charge on any atom is 0.343 e. The van der Waals surface area contributed by atoms with Gasteiger partial charge in [0.2, 0.25) is 0 Å². The smallest absolute Gasteiger partial charge is 0.343 e. The van der Waals surface area contributed by atoms with Crippen LogP contribution < -0.4 is 11.3 Å². The maximum absolute atomic E-state index is 15.2. The summed E-state index contributed by atoms with van der Waals surface area (Å²) in [4.78, 5) is 31.7. The Morgan fingerprint density at radius 1 is 1.32 bits per heavy atom. The highest BCUT2D eigenvalue weighted by molar-refractivity contribution is 8.09. The second-order valence-corrected chi connectivity index (χ2v) is 11.0. The average molecular weight is 524 g/mol. The number of esters is 1. The van der Waals surface area contributed by atoms with Gasteiger partial charge in [0.05, 0.1) is 35.6 Å². The van der Waals surface area contributed by atoms with Crippen LogP contribution >= 0.6 is 11.8 Å². The first-order valence-corrected chi connectivity index (χ1v) is 13.1. The van der Waals surface area contributed by atoms with Gasteiger partial charge in [-0.1, -0.05) is 13.0 Å². The number of fused-ring (bicyclic) bond motifs is 5. The molecule has 1 aromatic carbocycles. The lowest BCUT2D eigenvalue weighted by atomic mass is 9.86. The van der Waals surface area contributed by atoms with E-state index in [0.717, 1.165) is 21.4 Å². The Labute approximate surface area is 216 Å². The molecule has 3 aliphatic heterocycles. The Balaban J connectivity index is 1.64. The Morgan fingerprint density at radius 3 is 2.78 bits per heavy atom. The van der Waals surface area contributed by atoms with Crippen molar-refractivity contribution in [3.8, 4) is 11.4 Å². The van der Waals surface area contributed by atoms with Gasteiger partial charge in [0, 0.05) is 44.8 Å². The molecule has 0 aliphatic carbocycles. The minimum Gasteiger partial charge on any atom is -0.458 e. The number of cyclic esters (lactones) is 1. The predicted octanol–water partition coefficient (Wildman–Crippen LogP) is 2.82. The van der Waals surface area contributed by atoms with Crippen LogP contribution in [0.15, 0.2) is 23.0 Å². The van der Waals surface area contributed by atoms with Crippen molar-refractivity contribution in [2.75, 3.05) is 6.61 Å². The van der Waals surface area contributed by atoms with Gasteiger partial charge in [0.1, 0.15) is 12.4 Å². The molecule has 0 bridgehead atoms. The molecule has 6 rings (SSSR count). The number of halogens is 1. The number of ether oxygens (including phenoxy) is 1. The van der Waals surface area contributed by atoms with Crippen LogP contribution in [0.4, 0.5) is 4.39 Å². The molecule has 192 valence electrons. The van der Waals surface area contributed by atoms with Crippen molar-refractivity contribution < 1.29 is 24.1 Å². The quantitative estimate of drug-likeness (QED) is 0.349. The largest absolute Gasteiger partial charge is 0.458 e. The molecule has 37 heavy (non-hydrogen) atoms. The number of aliphatic hydroxyl groups excluding tert-OH is 1. The lowest BCUT2D eigenvalue weighted by Gasteiger charge is -2.31. The number of nitrogens with zero attached hydrogens (tertiary/aromatic N) is 2. The van der Waals surface area contributed by atoms with Gasteiger partial charge in [0.15, 0.2) is 5.60 Å². The fourth-order valence-corrected chi connectivity index (χ4v) is 6.92. The highest BCUT2D eigenvalue weighted by atomic mass is 32.2. The number of nitrogens with two attached hydrogens (primary N) is 1. The summed E-state index contributed by atoms with van der Waals surface area (Å²) in [6.07, 6.45) is 2.73. The zero-order chi connectivity index (χ0) is 26.2. The minimum atomic E-state index is -1.93. The van der Waals surface area contributed by atoms with Crippen LogP contribution in [0.2, 0.25) is 0 Å². The molecule has 0 amide bonds. The summed E-state index contributed by atoms with van der Waals surface area (Å²) < 4.78 is 21.9. The molecule has 5 heterocycles. The molecule has 0 fully saturated rings. The average Bonchev–Trinajstić information content (AvgIpc) is 3.51. The Bertz CT molecular complexity index is 1610. The number of aliphatic hydroxyl groups is 2. The number of pyridine rings is 2. The number of rotatable bonds is 4. The standard InChI is InChI=1S/C27H26FN3O5S/c1-3-27(35)17-6-20-24-15(9-31(20)25(33)16(17)11-36-26(27)34)14(8-29)23-19(30-24)7-18(28)12(2)22(23)21-5-4-13(10-32)37-21/h5-7,13,32,35H,3-4,8-11,29H2,1-2H3/t13?,27-/m0/s1.